The Hall–Kier alpha value is -1.43. The third kappa shape index (κ3) is 4.55. The summed E-state index contributed by atoms with van der Waals surface area (Å²) in [7, 11) is -3.03. The van der Waals surface area contributed by atoms with Crippen LogP contribution < -0.4 is 5.32 Å². The summed E-state index contributed by atoms with van der Waals surface area (Å²) >= 11 is 0. The summed E-state index contributed by atoms with van der Waals surface area (Å²) in [6, 6.07) is 3.13. The number of carbonyl (C=O) groups is 1. The zero-order valence-corrected chi connectivity index (χ0v) is 9.12. The van der Waals surface area contributed by atoms with Gasteiger partial charge in [-0.25, -0.2) is 8.42 Å². The van der Waals surface area contributed by atoms with Crippen molar-refractivity contribution in [2.45, 2.75) is 0 Å². The van der Waals surface area contributed by atoms with Crippen LogP contribution in [0.5, 0.6) is 0 Å². The van der Waals surface area contributed by atoms with Gasteiger partial charge in [-0.05, 0) is 12.1 Å². The van der Waals surface area contributed by atoms with Gasteiger partial charge in [0.05, 0.1) is 5.75 Å². The van der Waals surface area contributed by atoms with Crippen LogP contribution >= 0.6 is 0 Å². The molecule has 82 valence electrons. The van der Waals surface area contributed by atoms with E-state index < -0.39 is 9.84 Å². The molecule has 1 N–H and O–H groups in total. The summed E-state index contributed by atoms with van der Waals surface area (Å²) < 4.78 is 21.6. The maximum Gasteiger partial charge on any atom is 0.251 e. The Morgan fingerprint density at radius 2 is 2.00 bits per heavy atom. The van der Waals surface area contributed by atoms with Gasteiger partial charge in [-0.15, -0.1) is 0 Å². The fourth-order valence-electron chi connectivity index (χ4n) is 0.955. The van der Waals surface area contributed by atoms with E-state index >= 15 is 0 Å². The van der Waals surface area contributed by atoms with Crippen molar-refractivity contribution < 1.29 is 13.2 Å². The van der Waals surface area contributed by atoms with Gasteiger partial charge >= 0.3 is 0 Å². The van der Waals surface area contributed by atoms with Gasteiger partial charge in [-0.1, -0.05) is 0 Å². The number of nitrogens with zero attached hydrogens (tertiary/aromatic N) is 1. The van der Waals surface area contributed by atoms with Gasteiger partial charge in [-0.3, -0.25) is 9.78 Å². The van der Waals surface area contributed by atoms with E-state index in [1.54, 1.807) is 12.1 Å². The van der Waals surface area contributed by atoms with Gasteiger partial charge in [0.15, 0.2) is 0 Å². The Kier molecular flexibility index (Phi) is 3.79. The molecule has 0 saturated carbocycles. The van der Waals surface area contributed by atoms with Crippen LogP contribution in [0.15, 0.2) is 24.5 Å². The molecule has 1 rings (SSSR count). The first-order valence-corrected chi connectivity index (χ1v) is 6.41. The number of sulfone groups is 1. The lowest BCUT2D eigenvalue weighted by molar-refractivity contribution is 0.0956. The molecule has 1 aromatic heterocycles. The fraction of sp³-hybridized carbons (Fsp3) is 0.333. The first-order valence-electron chi connectivity index (χ1n) is 4.35. The highest BCUT2D eigenvalue weighted by molar-refractivity contribution is 7.90. The van der Waals surface area contributed by atoms with Crippen molar-refractivity contribution in [1.82, 2.24) is 10.3 Å². The number of aromatic nitrogens is 1. The highest BCUT2D eigenvalue weighted by Gasteiger charge is 2.06. The van der Waals surface area contributed by atoms with Crippen molar-refractivity contribution in [3.05, 3.63) is 30.1 Å². The van der Waals surface area contributed by atoms with E-state index in [1.165, 1.54) is 12.4 Å². The highest BCUT2D eigenvalue weighted by atomic mass is 32.2. The lowest BCUT2D eigenvalue weighted by atomic mass is 10.2. The Bertz CT molecular complexity index is 428. The molecule has 1 aromatic rings. The number of rotatable bonds is 4. The Balaban J connectivity index is 2.45. The smallest absolute Gasteiger partial charge is 0.251 e. The lowest BCUT2D eigenvalue weighted by Crippen LogP contribution is -2.28. The first-order chi connectivity index (χ1) is 6.99. The number of carbonyl (C=O) groups excluding carboxylic acids is 1. The van der Waals surface area contributed by atoms with E-state index in [2.05, 4.69) is 10.3 Å². The maximum absolute atomic E-state index is 11.4. The third-order valence-electron chi connectivity index (χ3n) is 1.70. The van der Waals surface area contributed by atoms with Crippen molar-refractivity contribution >= 4 is 15.7 Å². The summed E-state index contributed by atoms with van der Waals surface area (Å²) in [6.07, 6.45) is 4.14. The van der Waals surface area contributed by atoms with Crippen LogP contribution in [0.4, 0.5) is 0 Å². The molecular formula is C9H12N2O3S. The predicted octanol–water partition coefficient (Wildman–Crippen LogP) is -0.144. The summed E-state index contributed by atoms with van der Waals surface area (Å²) in [5, 5.41) is 2.51. The van der Waals surface area contributed by atoms with Crippen molar-refractivity contribution in [1.29, 1.82) is 0 Å². The normalized spacial score (nSPS) is 11.0. The molecule has 0 unspecified atom stereocenters. The summed E-state index contributed by atoms with van der Waals surface area (Å²) in [5.41, 5.74) is 0.471. The van der Waals surface area contributed by atoms with E-state index in [0.29, 0.717) is 5.56 Å². The van der Waals surface area contributed by atoms with Gasteiger partial charge < -0.3 is 5.32 Å². The van der Waals surface area contributed by atoms with Gasteiger partial charge in [0.1, 0.15) is 9.84 Å². The second kappa shape index (κ2) is 4.88. The molecule has 0 aliphatic carbocycles. The van der Waals surface area contributed by atoms with Crippen molar-refractivity contribution in [2.24, 2.45) is 0 Å². The molecule has 0 fully saturated rings. The van der Waals surface area contributed by atoms with Crippen LogP contribution in [-0.4, -0.2) is 37.9 Å². The van der Waals surface area contributed by atoms with E-state index in [0.717, 1.165) is 6.26 Å². The zero-order chi connectivity index (χ0) is 11.3. The maximum atomic E-state index is 11.4. The van der Waals surface area contributed by atoms with Crippen molar-refractivity contribution in [3.8, 4) is 0 Å². The van der Waals surface area contributed by atoms with Crippen LogP contribution in [0.25, 0.3) is 0 Å². The fourth-order valence-corrected chi connectivity index (χ4v) is 1.43. The number of hydrogen-bond donors (Lipinski definition) is 1. The van der Waals surface area contributed by atoms with Crippen LogP contribution in [0.2, 0.25) is 0 Å². The SMILES string of the molecule is CS(=O)(=O)CCNC(=O)c1ccncc1. The quantitative estimate of drug-likeness (QED) is 0.778. The van der Waals surface area contributed by atoms with Crippen molar-refractivity contribution in [3.63, 3.8) is 0 Å². The molecular weight excluding hydrogens is 216 g/mol. The predicted molar refractivity (Wildman–Crippen MR) is 56.3 cm³/mol. The minimum atomic E-state index is -3.03. The molecule has 6 heteroatoms. The average Bonchev–Trinajstić information content (AvgIpc) is 2.17. The molecule has 0 aromatic carbocycles. The average molecular weight is 228 g/mol. The van der Waals surface area contributed by atoms with Gasteiger partial charge in [-0.2, -0.15) is 0 Å². The first kappa shape index (κ1) is 11.6. The standard InChI is InChI=1S/C9H12N2O3S/c1-15(13,14)7-6-11-9(12)8-2-4-10-5-3-8/h2-5H,6-7H2,1H3,(H,11,12). The molecule has 15 heavy (non-hydrogen) atoms. The van der Waals surface area contributed by atoms with Crippen LogP contribution in [-0.2, 0) is 9.84 Å². The number of nitrogens with one attached hydrogen (secondary N) is 1. The summed E-state index contributed by atoms with van der Waals surface area (Å²) in [6.45, 7) is 0.125. The molecule has 1 amide bonds. The van der Waals surface area contributed by atoms with Gasteiger partial charge in [0, 0.05) is 30.8 Å². The Morgan fingerprint density at radius 1 is 1.40 bits per heavy atom. The molecule has 0 radical (unpaired) electrons. The number of hydrogen-bond acceptors (Lipinski definition) is 4. The van der Waals surface area contributed by atoms with Crippen LogP contribution in [0.3, 0.4) is 0 Å². The Labute approximate surface area is 88.4 Å². The van der Waals surface area contributed by atoms with Gasteiger partial charge in [0.25, 0.3) is 5.91 Å². The second-order valence-corrected chi connectivity index (χ2v) is 5.38. The molecule has 0 bridgehead atoms. The molecule has 0 saturated heterocycles. The van der Waals surface area contributed by atoms with Crippen molar-refractivity contribution in [2.75, 3.05) is 18.6 Å². The molecule has 1 heterocycles. The van der Waals surface area contributed by atoms with E-state index in [1.807, 2.05) is 0 Å². The Morgan fingerprint density at radius 3 is 2.53 bits per heavy atom. The molecule has 0 aliphatic heterocycles. The van der Waals surface area contributed by atoms with E-state index in [4.69, 9.17) is 0 Å². The molecule has 0 atom stereocenters. The van der Waals surface area contributed by atoms with Gasteiger partial charge in [0.2, 0.25) is 0 Å². The summed E-state index contributed by atoms with van der Waals surface area (Å²) in [4.78, 5) is 15.2. The highest BCUT2D eigenvalue weighted by Crippen LogP contribution is 1.95. The molecule has 5 nitrogen and oxygen atoms in total. The third-order valence-corrected chi connectivity index (χ3v) is 2.65. The monoisotopic (exact) mass is 228 g/mol. The van der Waals surface area contributed by atoms with Crippen LogP contribution in [0, 0.1) is 0 Å². The largest absolute Gasteiger partial charge is 0.351 e. The molecule has 0 aliphatic rings. The number of pyridine rings is 1. The minimum Gasteiger partial charge on any atom is -0.351 e. The van der Waals surface area contributed by atoms with E-state index in [9.17, 15) is 13.2 Å². The summed E-state index contributed by atoms with van der Waals surface area (Å²) in [5.74, 6) is -0.342. The van der Waals surface area contributed by atoms with E-state index in [-0.39, 0.29) is 18.2 Å². The topological polar surface area (TPSA) is 76.1 Å². The second-order valence-electron chi connectivity index (χ2n) is 3.12. The van der Waals surface area contributed by atoms with Crippen LogP contribution in [0.1, 0.15) is 10.4 Å². The number of amides is 1. The zero-order valence-electron chi connectivity index (χ0n) is 8.30. The minimum absolute atomic E-state index is 0.0518. The molecule has 0 spiro atoms. The lowest BCUT2D eigenvalue weighted by Gasteiger charge is -2.03.